The molecule has 84 valence electrons. The molecule has 2 rings (SSSR count). The van der Waals surface area contributed by atoms with E-state index in [1.54, 1.807) is 0 Å². The van der Waals surface area contributed by atoms with Crippen molar-refractivity contribution in [3.05, 3.63) is 47.5 Å². The summed E-state index contributed by atoms with van der Waals surface area (Å²) >= 11 is 0. The molecule has 0 spiro atoms. The average Bonchev–Trinajstić information content (AvgIpc) is 2.59. The Morgan fingerprint density at radius 1 is 1.19 bits per heavy atom. The number of Topliss-reactive ketones (excluding diaryl/α,β-unsaturated/α-hetero) is 1. The van der Waals surface area contributed by atoms with Crippen molar-refractivity contribution in [1.29, 1.82) is 0 Å². The van der Waals surface area contributed by atoms with Crippen LogP contribution < -0.4 is 0 Å². The van der Waals surface area contributed by atoms with Crippen LogP contribution in [-0.4, -0.2) is 5.78 Å². The van der Waals surface area contributed by atoms with Gasteiger partial charge in [0.05, 0.1) is 0 Å². The number of rotatable bonds is 2. The van der Waals surface area contributed by atoms with Crippen molar-refractivity contribution in [3.63, 3.8) is 0 Å². The third kappa shape index (κ3) is 2.08. The van der Waals surface area contributed by atoms with Gasteiger partial charge in [0.15, 0.2) is 5.78 Å². The minimum absolute atomic E-state index is 0.234. The fourth-order valence-electron chi connectivity index (χ4n) is 2.24. The smallest absolute Gasteiger partial charge is 0.158 e. The fourth-order valence-corrected chi connectivity index (χ4v) is 2.24. The van der Waals surface area contributed by atoms with Gasteiger partial charge in [0.25, 0.3) is 0 Å². The molecular weight excluding hydrogens is 196 g/mol. The van der Waals surface area contributed by atoms with E-state index in [1.165, 1.54) is 11.1 Å². The minimum Gasteiger partial charge on any atom is -0.295 e. The van der Waals surface area contributed by atoms with E-state index in [4.69, 9.17) is 0 Å². The molecule has 0 amide bonds. The molecule has 0 aliphatic heterocycles. The van der Waals surface area contributed by atoms with Crippen LogP contribution in [0.15, 0.2) is 36.4 Å². The first-order valence-corrected chi connectivity index (χ1v) is 5.88. The SMILES string of the molecule is C=C1CC(c2ccc(C(C)C)cc2)CC1=O. The molecule has 0 saturated heterocycles. The number of carbonyl (C=O) groups excluding carboxylic acids is 1. The lowest BCUT2D eigenvalue weighted by Gasteiger charge is -2.10. The molecule has 0 bridgehead atoms. The van der Waals surface area contributed by atoms with Crippen LogP contribution in [-0.2, 0) is 4.79 Å². The van der Waals surface area contributed by atoms with Gasteiger partial charge in [0, 0.05) is 6.42 Å². The predicted molar refractivity (Wildman–Crippen MR) is 66.7 cm³/mol. The first-order chi connectivity index (χ1) is 7.58. The number of hydrogen-bond donors (Lipinski definition) is 0. The first kappa shape index (κ1) is 11.1. The van der Waals surface area contributed by atoms with Crippen LogP contribution in [0.25, 0.3) is 0 Å². The molecule has 1 saturated carbocycles. The maximum absolute atomic E-state index is 11.4. The molecule has 1 aliphatic rings. The Morgan fingerprint density at radius 2 is 1.81 bits per heavy atom. The molecule has 0 radical (unpaired) electrons. The topological polar surface area (TPSA) is 17.1 Å². The second-order valence-corrected chi connectivity index (χ2v) is 4.95. The van der Waals surface area contributed by atoms with E-state index in [0.29, 0.717) is 18.3 Å². The molecule has 0 N–H and O–H groups in total. The molecule has 0 aromatic heterocycles. The highest BCUT2D eigenvalue weighted by molar-refractivity contribution is 5.97. The summed E-state index contributed by atoms with van der Waals surface area (Å²) in [6.07, 6.45) is 1.47. The van der Waals surface area contributed by atoms with Crippen molar-refractivity contribution in [2.24, 2.45) is 0 Å². The molecule has 16 heavy (non-hydrogen) atoms. The normalized spacial score (nSPS) is 20.8. The van der Waals surface area contributed by atoms with Gasteiger partial charge in [-0.2, -0.15) is 0 Å². The largest absolute Gasteiger partial charge is 0.295 e. The number of hydrogen-bond acceptors (Lipinski definition) is 1. The molecule has 1 aliphatic carbocycles. The van der Waals surface area contributed by atoms with Crippen LogP contribution >= 0.6 is 0 Å². The summed E-state index contributed by atoms with van der Waals surface area (Å²) in [5.74, 6) is 1.16. The fraction of sp³-hybridized carbons (Fsp3) is 0.400. The zero-order valence-corrected chi connectivity index (χ0v) is 9.99. The summed E-state index contributed by atoms with van der Waals surface area (Å²) in [7, 11) is 0. The second-order valence-electron chi connectivity index (χ2n) is 4.95. The van der Waals surface area contributed by atoms with Gasteiger partial charge in [-0.25, -0.2) is 0 Å². The van der Waals surface area contributed by atoms with Gasteiger partial charge in [-0.05, 0) is 35.0 Å². The second kappa shape index (κ2) is 4.25. The zero-order chi connectivity index (χ0) is 11.7. The molecule has 1 unspecified atom stereocenters. The van der Waals surface area contributed by atoms with Crippen LogP contribution in [0.5, 0.6) is 0 Å². The van der Waals surface area contributed by atoms with Gasteiger partial charge < -0.3 is 0 Å². The lowest BCUT2D eigenvalue weighted by molar-refractivity contribution is -0.114. The van der Waals surface area contributed by atoms with Gasteiger partial charge >= 0.3 is 0 Å². The standard InChI is InChI=1S/C15H18O/c1-10(2)12-4-6-13(7-5-12)14-8-11(3)15(16)9-14/h4-7,10,14H,3,8-9H2,1-2H3. The highest BCUT2D eigenvalue weighted by Gasteiger charge is 2.26. The maximum Gasteiger partial charge on any atom is 0.158 e. The minimum atomic E-state index is 0.234. The Labute approximate surface area is 97.2 Å². The van der Waals surface area contributed by atoms with Crippen LogP contribution in [0.2, 0.25) is 0 Å². The number of benzene rings is 1. The lowest BCUT2D eigenvalue weighted by atomic mass is 9.94. The summed E-state index contributed by atoms with van der Waals surface area (Å²) < 4.78 is 0. The van der Waals surface area contributed by atoms with Crippen LogP contribution in [0.4, 0.5) is 0 Å². The van der Waals surface area contributed by atoms with Crippen molar-refractivity contribution >= 4 is 5.78 Å². The van der Waals surface area contributed by atoms with Gasteiger partial charge in [-0.1, -0.05) is 44.7 Å². The van der Waals surface area contributed by atoms with Crippen molar-refractivity contribution in [1.82, 2.24) is 0 Å². The summed E-state index contributed by atoms with van der Waals surface area (Å²) in [5, 5.41) is 0. The van der Waals surface area contributed by atoms with Gasteiger partial charge in [-0.15, -0.1) is 0 Å². The van der Waals surface area contributed by atoms with Crippen molar-refractivity contribution < 1.29 is 4.79 Å². The Morgan fingerprint density at radius 3 is 2.25 bits per heavy atom. The summed E-state index contributed by atoms with van der Waals surface area (Å²) in [4.78, 5) is 11.4. The number of carbonyl (C=O) groups is 1. The van der Waals surface area contributed by atoms with Gasteiger partial charge in [0.1, 0.15) is 0 Å². The summed E-state index contributed by atoms with van der Waals surface area (Å²) in [5.41, 5.74) is 3.42. The number of ketones is 1. The monoisotopic (exact) mass is 214 g/mol. The van der Waals surface area contributed by atoms with Crippen LogP contribution in [0.1, 0.15) is 49.7 Å². The van der Waals surface area contributed by atoms with Crippen LogP contribution in [0, 0.1) is 0 Å². The van der Waals surface area contributed by atoms with Gasteiger partial charge in [0.2, 0.25) is 0 Å². The molecule has 1 atom stereocenters. The van der Waals surface area contributed by atoms with Crippen molar-refractivity contribution in [2.75, 3.05) is 0 Å². The lowest BCUT2D eigenvalue weighted by Crippen LogP contribution is -1.95. The summed E-state index contributed by atoms with van der Waals surface area (Å²) in [6, 6.07) is 8.66. The Hall–Kier alpha value is -1.37. The van der Waals surface area contributed by atoms with E-state index in [9.17, 15) is 4.79 Å². The van der Waals surface area contributed by atoms with Crippen molar-refractivity contribution in [3.8, 4) is 0 Å². The van der Waals surface area contributed by atoms with E-state index < -0.39 is 0 Å². The summed E-state index contributed by atoms with van der Waals surface area (Å²) in [6.45, 7) is 8.19. The van der Waals surface area contributed by atoms with E-state index in [2.05, 4.69) is 44.7 Å². The third-order valence-electron chi connectivity index (χ3n) is 3.39. The molecule has 1 fully saturated rings. The van der Waals surface area contributed by atoms with Crippen molar-refractivity contribution in [2.45, 2.75) is 38.5 Å². The maximum atomic E-state index is 11.4. The highest BCUT2D eigenvalue weighted by atomic mass is 16.1. The van der Waals surface area contributed by atoms with E-state index in [-0.39, 0.29) is 5.78 Å². The first-order valence-electron chi connectivity index (χ1n) is 5.88. The molecule has 1 aromatic carbocycles. The molecule has 1 aromatic rings. The third-order valence-corrected chi connectivity index (χ3v) is 3.39. The Balaban J connectivity index is 2.17. The van der Waals surface area contributed by atoms with E-state index in [1.807, 2.05) is 0 Å². The zero-order valence-electron chi connectivity index (χ0n) is 9.99. The van der Waals surface area contributed by atoms with Crippen LogP contribution in [0.3, 0.4) is 0 Å². The Kier molecular flexibility index (Phi) is 2.95. The number of allylic oxidation sites excluding steroid dienone is 1. The predicted octanol–water partition coefficient (Wildman–Crippen LogP) is 3.81. The average molecular weight is 214 g/mol. The highest BCUT2D eigenvalue weighted by Crippen LogP contribution is 2.35. The van der Waals surface area contributed by atoms with E-state index in [0.717, 1.165) is 12.0 Å². The molecule has 1 nitrogen and oxygen atoms in total. The molecule has 1 heteroatoms. The Bertz CT molecular complexity index is 396. The molecular formula is C15H18O. The van der Waals surface area contributed by atoms with E-state index >= 15 is 0 Å². The molecule has 0 heterocycles. The quantitative estimate of drug-likeness (QED) is 0.684. The van der Waals surface area contributed by atoms with Gasteiger partial charge in [-0.3, -0.25) is 4.79 Å².